The van der Waals surface area contributed by atoms with E-state index < -0.39 is 6.30 Å². The zero-order valence-corrected chi connectivity index (χ0v) is 15.3. The second-order valence-corrected chi connectivity index (χ2v) is 7.42. The molecule has 2 aromatic heterocycles. The minimum Gasteiger partial charge on any atom is -0.340 e. The SMILES string of the molecule is CSC(C)C(=O)N1CCCCC1c1ncc(-c2cnn(C(F)(F)F)c2)[nH]1. The number of halogens is 3. The molecule has 26 heavy (non-hydrogen) atoms. The number of nitrogens with zero attached hydrogens (tertiary/aromatic N) is 4. The molecule has 1 fully saturated rings. The normalized spacial score (nSPS) is 19.6. The first kappa shape index (κ1) is 18.8. The lowest BCUT2D eigenvalue weighted by Gasteiger charge is -2.36. The van der Waals surface area contributed by atoms with Crippen LogP contribution in [0.4, 0.5) is 13.2 Å². The van der Waals surface area contributed by atoms with Gasteiger partial charge in [0.15, 0.2) is 0 Å². The second kappa shape index (κ2) is 7.34. The predicted molar refractivity (Wildman–Crippen MR) is 92.4 cm³/mol. The van der Waals surface area contributed by atoms with Crippen LogP contribution in [0.5, 0.6) is 0 Å². The predicted octanol–water partition coefficient (Wildman–Crippen LogP) is 3.55. The first-order chi connectivity index (χ1) is 12.3. The molecule has 1 aliphatic heterocycles. The third kappa shape index (κ3) is 3.74. The van der Waals surface area contributed by atoms with Crippen LogP contribution in [0.1, 0.15) is 38.1 Å². The number of imidazole rings is 1. The molecule has 0 aliphatic carbocycles. The Morgan fingerprint density at radius 3 is 2.81 bits per heavy atom. The molecule has 6 nitrogen and oxygen atoms in total. The molecule has 0 spiro atoms. The van der Waals surface area contributed by atoms with Crippen molar-refractivity contribution in [2.75, 3.05) is 12.8 Å². The number of carbonyl (C=O) groups excluding carboxylic acids is 1. The van der Waals surface area contributed by atoms with Crippen LogP contribution in [-0.2, 0) is 11.1 Å². The monoisotopic (exact) mass is 387 g/mol. The fourth-order valence-corrected chi connectivity index (χ4v) is 3.40. The number of H-pyrrole nitrogens is 1. The molecule has 1 amide bonds. The molecule has 3 heterocycles. The van der Waals surface area contributed by atoms with E-state index in [2.05, 4.69) is 15.1 Å². The average molecular weight is 387 g/mol. The molecule has 0 bridgehead atoms. The van der Waals surface area contributed by atoms with Gasteiger partial charge in [-0.15, -0.1) is 13.2 Å². The van der Waals surface area contributed by atoms with Crippen molar-refractivity contribution in [1.82, 2.24) is 24.6 Å². The van der Waals surface area contributed by atoms with Gasteiger partial charge in [-0.05, 0) is 32.4 Å². The van der Waals surface area contributed by atoms with Gasteiger partial charge in [0, 0.05) is 18.3 Å². The first-order valence-electron chi connectivity index (χ1n) is 8.31. The maximum Gasteiger partial charge on any atom is 0.504 e. The first-order valence-corrected chi connectivity index (χ1v) is 9.60. The summed E-state index contributed by atoms with van der Waals surface area (Å²) in [6.45, 7) is 2.54. The van der Waals surface area contributed by atoms with Crippen LogP contribution in [0.3, 0.4) is 0 Å². The standard InChI is InChI=1S/C16H20F3N5OS/c1-10(26-2)15(25)23-6-4-3-5-13(23)14-20-8-12(22-14)11-7-21-24(9-11)16(17,18)19/h7-10,13H,3-6H2,1-2H3,(H,20,22). The molecule has 0 radical (unpaired) electrons. The molecule has 10 heteroatoms. The van der Waals surface area contributed by atoms with Gasteiger partial charge in [-0.25, -0.2) is 4.98 Å². The zero-order chi connectivity index (χ0) is 18.9. The van der Waals surface area contributed by atoms with E-state index in [4.69, 9.17) is 0 Å². The summed E-state index contributed by atoms with van der Waals surface area (Å²) >= 11 is 1.49. The number of thioether (sulfide) groups is 1. The number of piperidine rings is 1. The van der Waals surface area contributed by atoms with Crippen LogP contribution in [0.2, 0.25) is 0 Å². The number of aromatic amines is 1. The van der Waals surface area contributed by atoms with E-state index >= 15 is 0 Å². The molecular formula is C16H20F3N5OS. The summed E-state index contributed by atoms with van der Waals surface area (Å²) in [5.74, 6) is 0.658. The molecule has 2 atom stereocenters. The van der Waals surface area contributed by atoms with Crippen molar-refractivity contribution in [1.29, 1.82) is 0 Å². The van der Waals surface area contributed by atoms with Gasteiger partial charge in [0.25, 0.3) is 0 Å². The minimum atomic E-state index is -4.55. The van der Waals surface area contributed by atoms with Crippen LogP contribution in [0.25, 0.3) is 11.3 Å². The number of amides is 1. The summed E-state index contributed by atoms with van der Waals surface area (Å²) in [7, 11) is 0. The van der Waals surface area contributed by atoms with Crippen LogP contribution in [-0.4, -0.2) is 48.6 Å². The lowest BCUT2D eigenvalue weighted by Crippen LogP contribution is -2.42. The van der Waals surface area contributed by atoms with E-state index in [9.17, 15) is 18.0 Å². The van der Waals surface area contributed by atoms with Crippen LogP contribution >= 0.6 is 11.8 Å². The molecule has 3 rings (SSSR count). The molecule has 2 aromatic rings. The summed E-state index contributed by atoms with van der Waals surface area (Å²) in [5, 5.41) is 3.20. The van der Waals surface area contributed by atoms with Crippen LogP contribution in [0.15, 0.2) is 18.6 Å². The number of nitrogens with one attached hydrogen (secondary N) is 1. The third-order valence-electron chi connectivity index (χ3n) is 4.55. The van der Waals surface area contributed by atoms with Gasteiger partial charge >= 0.3 is 6.30 Å². The lowest BCUT2D eigenvalue weighted by atomic mass is 10.0. The van der Waals surface area contributed by atoms with Crippen molar-refractivity contribution in [2.45, 2.75) is 43.8 Å². The van der Waals surface area contributed by atoms with Crippen molar-refractivity contribution in [3.63, 3.8) is 0 Å². The van der Waals surface area contributed by atoms with E-state index in [1.807, 2.05) is 18.1 Å². The summed E-state index contributed by atoms with van der Waals surface area (Å²) in [6, 6.07) is -0.183. The van der Waals surface area contributed by atoms with Gasteiger partial charge in [0.2, 0.25) is 5.91 Å². The smallest absolute Gasteiger partial charge is 0.340 e. The van der Waals surface area contributed by atoms with Crippen molar-refractivity contribution in [2.24, 2.45) is 0 Å². The van der Waals surface area contributed by atoms with Gasteiger partial charge in [-0.2, -0.15) is 21.5 Å². The molecule has 1 N–H and O–H groups in total. The molecule has 2 unspecified atom stereocenters. The highest BCUT2D eigenvalue weighted by Crippen LogP contribution is 2.32. The van der Waals surface area contributed by atoms with Crippen LogP contribution in [0, 0.1) is 0 Å². The fourth-order valence-electron chi connectivity index (χ4n) is 3.07. The number of hydrogen-bond donors (Lipinski definition) is 1. The number of carbonyl (C=O) groups is 1. The fraction of sp³-hybridized carbons (Fsp3) is 0.562. The highest BCUT2D eigenvalue weighted by molar-refractivity contribution is 7.99. The Hall–Kier alpha value is -1.97. The maximum absolute atomic E-state index is 12.7. The van der Waals surface area contributed by atoms with E-state index in [1.54, 1.807) is 0 Å². The van der Waals surface area contributed by atoms with Crippen molar-refractivity contribution in [3.8, 4) is 11.3 Å². The number of aromatic nitrogens is 4. The summed E-state index contributed by atoms with van der Waals surface area (Å²) < 4.78 is 38.0. The van der Waals surface area contributed by atoms with E-state index in [0.29, 0.717) is 23.6 Å². The molecule has 1 saturated heterocycles. The van der Waals surface area contributed by atoms with Crippen molar-refractivity contribution < 1.29 is 18.0 Å². The summed E-state index contributed by atoms with van der Waals surface area (Å²) in [4.78, 5) is 21.9. The average Bonchev–Trinajstić information content (AvgIpc) is 3.29. The van der Waals surface area contributed by atoms with E-state index in [-0.39, 0.29) is 21.9 Å². The quantitative estimate of drug-likeness (QED) is 0.871. The van der Waals surface area contributed by atoms with E-state index in [0.717, 1.165) is 31.7 Å². The number of likely N-dealkylation sites (tertiary alicyclic amines) is 1. The highest BCUT2D eigenvalue weighted by Gasteiger charge is 2.33. The Bertz CT molecular complexity index is 772. The van der Waals surface area contributed by atoms with Crippen molar-refractivity contribution in [3.05, 3.63) is 24.4 Å². The number of rotatable bonds is 4. The third-order valence-corrected chi connectivity index (χ3v) is 5.46. The molecular weight excluding hydrogens is 367 g/mol. The van der Waals surface area contributed by atoms with Gasteiger partial charge in [-0.3, -0.25) is 4.79 Å². The Balaban J connectivity index is 1.83. The summed E-state index contributed by atoms with van der Waals surface area (Å²) in [6.07, 6.45) is 3.58. The molecule has 1 aliphatic rings. The second-order valence-electron chi connectivity index (χ2n) is 6.24. The van der Waals surface area contributed by atoms with E-state index in [1.165, 1.54) is 18.0 Å². The van der Waals surface area contributed by atoms with Gasteiger partial charge < -0.3 is 9.88 Å². The number of alkyl halides is 3. The molecule has 142 valence electrons. The summed E-state index contributed by atoms with van der Waals surface area (Å²) in [5.41, 5.74) is 0.749. The molecule has 0 aromatic carbocycles. The largest absolute Gasteiger partial charge is 0.504 e. The highest BCUT2D eigenvalue weighted by atomic mass is 32.2. The Morgan fingerprint density at radius 1 is 1.38 bits per heavy atom. The van der Waals surface area contributed by atoms with Crippen LogP contribution < -0.4 is 0 Å². The Morgan fingerprint density at radius 2 is 2.15 bits per heavy atom. The number of hydrogen-bond acceptors (Lipinski definition) is 4. The van der Waals surface area contributed by atoms with Gasteiger partial charge in [-0.1, -0.05) is 0 Å². The van der Waals surface area contributed by atoms with Gasteiger partial charge in [0.05, 0.1) is 29.4 Å². The zero-order valence-electron chi connectivity index (χ0n) is 14.5. The lowest BCUT2D eigenvalue weighted by molar-refractivity contribution is -0.212. The Kier molecular flexibility index (Phi) is 5.31. The maximum atomic E-state index is 12.7. The topological polar surface area (TPSA) is 66.8 Å². The Labute approximate surface area is 153 Å². The van der Waals surface area contributed by atoms with Crippen molar-refractivity contribution >= 4 is 17.7 Å². The minimum absolute atomic E-state index is 0.0422. The van der Waals surface area contributed by atoms with Gasteiger partial charge in [0.1, 0.15) is 5.82 Å². The molecule has 0 saturated carbocycles.